The van der Waals surface area contributed by atoms with Crippen LogP contribution >= 0.6 is 11.3 Å². The van der Waals surface area contributed by atoms with Crippen LogP contribution in [0.25, 0.3) is 0 Å². The van der Waals surface area contributed by atoms with Crippen LogP contribution in [0.3, 0.4) is 0 Å². The number of aromatic nitrogens is 3. The lowest BCUT2D eigenvalue weighted by atomic mass is 10.3. The minimum absolute atomic E-state index is 0.0511. The highest BCUT2D eigenvalue weighted by Gasteiger charge is 2.05. The molecule has 4 aromatic rings. The summed E-state index contributed by atoms with van der Waals surface area (Å²) in [6.07, 6.45) is 5.16. The van der Waals surface area contributed by atoms with Crippen LogP contribution in [0.1, 0.15) is 11.8 Å². The number of thiazole rings is 1. The van der Waals surface area contributed by atoms with E-state index in [1.807, 2.05) is 61.5 Å². The summed E-state index contributed by atoms with van der Waals surface area (Å²) in [5.74, 6) is 9.14. The topological polar surface area (TPSA) is 72.1 Å². The molecule has 0 saturated heterocycles. The molecule has 0 spiro atoms. The molecule has 1 atom stereocenters. The van der Waals surface area contributed by atoms with Gasteiger partial charge in [0.1, 0.15) is 22.1 Å². The van der Waals surface area contributed by atoms with Gasteiger partial charge in [-0.3, -0.25) is 0 Å². The van der Waals surface area contributed by atoms with Gasteiger partial charge in [0, 0.05) is 12.4 Å². The average molecular weight is 402 g/mol. The predicted molar refractivity (Wildman–Crippen MR) is 114 cm³/mol. The normalized spacial score (nSPS) is 11.2. The van der Waals surface area contributed by atoms with E-state index in [1.54, 1.807) is 18.6 Å². The van der Waals surface area contributed by atoms with E-state index in [2.05, 4.69) is 32.1 Å². The first kappa shape index (κ1) is 18.6. The van der Waals surface area contributed by atoms with E-state index in [0.29, 0.717) is 16.9 Å². The predicted octanol–water partition coefficient (Wildman–Crippen LogP) is 5.30. The lowest BCUT2D eigenvalue weighted by Crippen LogP contribution is -2.13. The summed E-state index contributed by atoms with van der Waals surface area (Å²) in [5, 5.41) is 3.70. The summed E-state index contributed by atoms with van der Waals surface area (Å²) in [7, 11) is 0. The maximum absolute atomic E-state index is 5.81. The van der Waals surface area contributed by atoms with E-state index < -0.39 is 0 Å². The second kappa shape index (κ2) is 8.95. The maximum Gasteiger partial charge on any atom is 0.279 e. The molecular formula is C22H18N4O2S. The molecule has 0 aliphatic heterocycles. The first-order valence-electron chi connectivity index (χ1n) is 8.99. The third-order valence-corrected chi connectivity index (χ3v) is 4.55. The molecule has 4 rings (SSSR count). The molecule has 0 radical (unpaired) electrons. The molecule has 0 bridgehead atoms. The molecule has 6 nitrogen and oxygen atoms in total. The Kier molecular flexibility index (Phi) is 5.74. The molecule has 0 aliphatic carbocycles. The minimum atomic E-state index is -0.0511. The van der Waals surface area contributed by atoms with Crippen molar-refractivity contribution in [3.05, 3.63) is 78.1 Å². The standard InChI is InChI=1S/C22H18N4O2S/c1-16(26-21-23-13-14-24-21)7-12-20-15-25-22(29-20)28-19-10-8-18(9-11-19)27-17-5-3-2-4-6-17/h2-6,8-11,13-16H,1H3,(H2,23,24,26). The van der Waals surface area contributed by atoms with E-state index in [9.17, 15) is 0 Å². The van der Waals surface area contributed by atoms with Crippen molar-refractivity contribution in [2.75, 3.05) is 5.32 Å². The molecule has 0 amide bonds. The monoisotopic (exact) mass is 402 g/mol. The van der Waals surface area contributed by atoms with Crippen LogP contribution in [-0.2, 0) is 0 Å². The van der Waals surface area contributed by atoms with Gasteiger partial charge >= 0.3 is 0 Å². The van der Waals surface area contributed by atoms with E-state index in [0.717, 1.165) is 16.4 Å². The highest BCUT2D eigenvalue weighted by atomic mass is 32.1. The molecule has 29 heavy (non-hydrogen) atoms. The molecule has 2 aromatic carbocycles. The number of aromatic amines is 1. The fourth-order valence-electron chi connectivity index (χ4n) is 2.43. The second-order valence-electron chi connectivity index (χ2n) is 6.05. The first-order valence-corrected chi connectivity index (χ1v) is 9.80. The summed E-state index contributed by atoms with van der Waals surface area (Å²) in [4.78, 5) is 12.2. The van der Waals surface area contributed by atoms with Crippen LogP contribution < -0.4 is 14.8 Å². The van der Waals surface area contributed by atoms with Crippen molar-refractivity contribution in [1.29, 1.82) is 0 Å². The Labute approximate surface area is 172 Å². The number of imidazole rings is 1. The maximum atomic E-state index is 5.81. The summed E-state index contributed by atoms with van der Waals surface area (Å²) in [5.41, 5.74) is 0. The number of H-pyrrole nitrogens is 1. The van der Waals surface area contributed by atoms with Crippen LogP contribution in [0.2, 0.25) is 0 Å². The Morgan fingerprint density at radius 1 is 0.966 bits per heavy atom. The molecule has 0 aliphatic rings. The lowest BCUT2D eigenvalue weighted by molar-refractivity contribution is 0.467. The van der Waals surface area contributed by atoms with Gasteiger partial charge in [-0.1, -0.05) is 41.4 Å². The van der Waals surface area contributed by atoms with Gasteiger partial charge in [0.05, 0.1) is 12.2 Å². The van der Waals surface area contributed by atoms with Gasteiger partial charge in [-0.15, -0.1) is 0 Å². The SMILES string of the molecule is CC(C#Cc1cnc(Oc2ccc(Oc3ccccc3)cc2)s1)Nc1ncc[nH]1. The smallest absolute Gasteiger partial charge is 0.279 e. The first-order chi connectivity index (χ1) is 14.2. The zero-order chi connectivity index (χ0) is 19.9. The van der Waals surface area contributed by atoms with Crippen molar-refractivity contribution in [3.8, 4) is 34.3 Å². The quantitative estimate of drug-likeness (QED) is 0.428. The number of ether oxygens (including phenoxy) is 2. The summed E-state index contributed by atoms with van der Waals surface area (Å²) < 4.78 is 11.6. The Bertz CT molecular complexity index is 1100. The molecule has 0 saturated carbocycles. The number of hydrogen-bond donors (Lipinski definition) is 2. The lowest BCUT2D eigenvalue weighted by Gasteiger charge is -2.06. The van der Waals surface area contributed by atoms with Crippen molar-refractivity contribution in [2.24, 2.45) is 0 Å². The zero-order valence-electron chi connectivity index (χ0n) is 15.6. The average Bonchev–Trinajstić information content (AvgIpc) is 3.41. The van der Waals surface area contributed by atoms with Crippen molar-refractivity contribution < 1.29 is 9.47 Å². The molecule has 1 unspecified atom stereocenters. The Morgan fingerprint density at radius 3 is 2.41 bits per heavy atom. The van der Waals surface area contributed by atoms with Crippen LogP contribution in [0.15, 0.2) is 73.2 Å². The van der Waals surface area contributed by atoms with Crippen molar-refractivity contribution in [2.45, 2.75) is 13.0 Å². The number of benzene rings is 2. The number of hydrogen-bond acceptors (Lipinski definition) is 6. The highest BCUT2D eigenvalue weighted by Crippen LogP contribution is 2.29. The minimum Gasteiger partial charge on any atom is -0.457 e. The van der Waals surface area contributed by atoms with Gasteiger partial charge in [-0.2, -0.15) is 0 Å². The number of anilines is 1. The third-order valence-electron chi connectivity index (χ3n) is 3.76. The summed E-state index contributed by atoms with van der Waals surface area (Å²) in [6.45, 7) is 1.97. The van der Waals surface area contributed by atoms with Gasteiger partial charge < -0.3 is 19.8 Å². The van der Waals surface area contributed by atoms with Gasteiger partial charge in [0.25, 0.3) is 5.19 Å². The van der Waals surface area contributed by atoms with Gasteiger partial charge in [-0.25, -0.2) is 9.97 Å². The Hall–Kier alpha value is -3.76. The molecular weight excluding hydrogens is 384 g/mol. The zero-order valence-corrected chi connectivity index (χ0v) is 16.4. The summed E-state index contributed by atoms with van der Waals surface area (Å²) in [6, 6.07) is 17.0. The van der Waals surface area contributed by atoms with Crippen molar-refractivity contribution in [3.63, 3.8) is 0 Å². The molecule has 144 valence electrons. The van der Waals surface area contributed by atoms with Gasteiger partial charge in [0.2, 0.25) is 5.95 Å². The Morgan fingerprint density at radius 2 is 1.69 bits per heavy atom. The molecule has 2 aromatic heterocycles. The van der Waals surface area contributed by atoms with E-state index >= 15 is 0 Å². The van der Waals surface area contributed by atoms with E-state index in [-0.39, 0.29) is 6.04 Å². The molecule has 0 fully saturated rings. The molecule has 7 heteroatoms. The third kappa shape index (κ3) is 5.37. The second-order valence-corrected chi connectivity index (χ2v) is 7.05. The van der Waals surface area contributed by atoms with Crippen LogP contribution in [-0.4, -0.2) is 21.0 Å². The number of nitrogens with zero attached hydrogens (tertiary/aromatic N) is 2. The fraction of sp³-hybridized carbons (Fsp3) is 0.0909. The largest absolute Gasteiger partial charge is 0.457 e. The van der Waals surface area contributed by atoms with Gasteiger partial charge in [-0.05, 0) is 43.3 Å². The number of para-hydroxylation sites is 1. The fourth-order valence-corrected chi connectivity index (χ4v) is 3.08. The number of rotatable bonds is 6. The highest BCUT2D eigenvalue weighted by molar-refractivity contribution is 7.13. The van der Waals surface area contributed by atoms with Crippen LogP contribution in [0, 0.1) is 11.8 Å². The van der Waals surface area contributed by atoms with Crippen molar-refractivity contribution >= 4 is 17.3 Å². The Balaban J connectivity index is 1.34. The van der Waals surface area contributed by atoms with Crippen LogP contribution in [0.5, 0.6) is 22.4 Å². The van der Waals surface area contributed by atoms with E-state index in [4.69, 9.17) is 9.47 Å². The number of nitrogens with one attached hydrogen (secondary N) is 2. The molecule has 2 heterocycles. The summed E-state index contributed by atoms with van der Waals surface area (Å²) >= 11 is 1.40. The van der Waals surface area contributed by atoms with Gasteiger partial charge in [0.15, 0.2) is 0 Å². The van der Waals surface area contributed by atoms with Crippen LogP contribution in [0.4, 0.5) is 5.95 Å². The van der Waals surface area contributed by atoms with E-state index in [1.165, 1.54) is 11.3 Å². The molecule has 2 N–H and O–H groups in total. The van der Waals surface area contributed by atoms with Crippen molar-refractivity contribution in [1.82, 2.24) is 15.0 Å².